The highest BCUT2D eigenvalue weighted by Gasteiger charge is 2.05. The second-order valence-corrected chi connectivity index (χ2v) is 4.87. The van der Waals surface area contributed by atoms with Crippen molar-refractivity contribution in [1.29, 1.82) is 0 Å². The molecule has 0 unspecified atom stereocenters. The van der Waals surface area contributed by atoms with Crippen LogP contribution in [-0.4, -0.2) is 4.98 Å². The van der Waals surface area contributed by atoms with Gasteiger partial charge in [0, 0.05) is 5.38 Å². The van der Waals surface area contributed by atoms with Gasteiger partial charge in [-0.1, -0.05) is 23.5 Å². The van der Waals surface area contributed by atoms with Crippen LogP contribution in [0.5, 0.6) is 10.9 Å². The molecule has 0 spiro atoms. The molecule has 2 nitrogen and oxygen atoms in total. The summed E-state index contributed by atoms with van der Waals surface area (Å²) in [5.74, 6) is 0.872. The van der Waals surface area contributed by atoms with Gasteiger partial charge in [0.15, 0.2) is 0 Å². The third-order valence-corrected chi connectivity index (χ3v) is 3.63. The number of ether oxygens (including phenoxy) is 1. The molecule has 0 aliphatic heterocycles. The Morgan fingerprint density at radius 1 is 1.33 bits per heavy atom. The predicted molar refractivity (Wildman–Crippen MR) is 65.8 cm³/mol. The summed E-state index contributed by atoms with van der Waals surface area (Å²) < 4.78 is 6.50. The molecule has 1 aromatic heterocycles. The SMILES string of the molecule is Cc1cccc(Oc2nc(Br)cs2)c1C. The minimum Gasteiger partial charge on any atom is -0.431 e. The van der Waals surface area contributed by atoms with Crippen molar-refractivity contribution in [3.05, 3.63) is 39.3 Å². The average Bonchev–Trinajstić information content (AvgIpc) is 2.59. The zero-order chi connectivity index (χ0) is 10.8. The molecule has 2 rings (SSSR count). The number of nitrogens with zero attached hydrogens (tertiary/aromatic N) is 1. The lowest BCUT2D eigenvalue weighted by molar-refractivity contribution is 0.474. The van der Waals surface area contributed by atoms with E-state index < -0.39 is 0 Å². The maximum atomic E-state index is 5.69. The summed E-state index contributed by atoms with van der Waals surface area (Å²) in [6.07, 6.45) is 0. The van der Waals surface area contributed by atoms with Crippen molar-refractivity contribution >= 4 is 27.3 Å². The molecule has 0 amide bonds. The van der Waals surface area contributed by atoms with Crippen molar-refractivity contribution in [2.75, 3.05) is 0 Å². The van der Waals surface area contributed by atoms with Gasteiger partial charge >= 0.3 is 0 Å². The zero-order valence-corrected chi connectivity index (χ0v) is 10.9. The van der Waals surface area contributed by atoms with Gasteiger partial charge in [-0.05, 0) is 47.0 Å². The van der Waals surface area contributed by atoms with Crippen LogP contribution < -0.4 is 4.74 Å². The first-order valence-electron chi connectivity index (χ1n) is 4.52. The largest absolute Gasteiger partial charge is 0.431 e. The van der Waals surface area contributed by atoms with Gasteiger partial charge in [0.1, 0.15) is 10.4 Å². The summed E-state index contributed by atoms with van der Waals surface area (Å²) in [5, 5.41) is 2.57. The van der Waals surface area contributed by atoms with E-state index in [2.05, 4.69) is 33.9 Å². The fourth-order valence-corrected chi connectivity index (χ4v) is 2.31. The molecule has 1 aromatic carbocycles. The molecule has 4 heteroatoms. The molecule has 0 aliphatic rings. The Balaban J connectivity index is 2.28. The van der Waals surface area contributed by atoms with Crippen LogP contribution in [0.4, 0.5) is 0 Å². The van der Waals surface area contributed by atoms with Gasteiger partial charge in [-0.25, -0.2) is 0 Å². The Kier molecular flexibility index (Phi) is 3.07. The molecule has 1 heterocycles. The number of benzene rings is 1. The van der Waals surface area contributed by atoms with E-state index in [4.69, 9.17) is 4.74 Å². The maximum absolute atomic E-state index is 5.69. The fraction of sp³-hybridized carbons (Fsp3) is 0.182. The van der Waals surface area contributed by atoms with Gasteiger partial charge in [0.05, 0.1) is 0 Å². The first-order chi connectivity index (χ1) is 7.16. The highest BCUT2D eigenvalue weighted by atomic mass is 79.9. The highest BCUT2D eigenvalue weighted by molar-refractivity contribution is 9.10. The Bertz CT molecular complexity index is 481. The summed E-state index contributed by atoms with van der Waals surface area (Å²) in [6, 6.07) is 6.01. The molecule has 0 atom stereocenters. The predicted octanol–water partition coefficient (Wildman–Crippen LogP) is 4.31. The molecular weight excluding hydrogens is 274 g/mol. The van der Waals surface area contributed by atoms with Gasteiger partial charge in [0.2, 0.25) is 0 Å². The van der Waals surface area contributed by atoms with E-state index in [0.717, 1.165) is 15.9 Å². The van der Waals surface area contributed by atoms with Crippen LogP contribution in [0, 0.1) is 13.8 Å². The van der Waals surface area contributed by atoms with Crippen LogP contribution in [0.25, 0.3) is 0 Å². The molecule has 0 fully saturated rings. The molecule has 0 radical (unpaired) electrons. The Morgan fingerprint density at radius 2 is 2.13 bits per heavy atom. The normalized spacial score (nSPS) is 10.3. The number of hydrogen-bond donors (Lipinski definition) is 0. The summed E-state index contributed by atoms with van der Waals surface area (Å²) in [5.41, 5.74) is 2.38. The van der Waals surface area contributed by atoms with E-state index in [1.807, 2.05) is 24.4 Å². The number of aryl methyl sites for hydroxylation is 1. The minimum absolute atomic E-state index is 0.663. The molecular formula is C11H10BrNOS. The van der Waals surface area contributed by atoms with Gasteiger partial charge in [-0.2, -0.15) is 4.98 Å². The van der Waals surface area contributed by atoms with E-state index in [-0.39, 0.29) is 0 Å². The van der Waals surface area contributed by atoms with Crippen LogP contribution >= 0.6 is 27.3 Å². The number of rotatable bonds is 2. The lowest BCUT2D eigenvalue weighted by Crippen LogP contribution is -1.88. The Hall–Kier alpha value is -0.870. The molecule has 15 heavy (non-hydrogen) atoms. The minimum atomic E-state index is 0.663. The van der Waals surface area contributed by atoms with Crippen molar-refractivity contribution in [1.82, 2.24) is 4.98 Å². The number of hydrogen-bond acceptors (Lipinski definition) is 3. The van der Waals surface area contributed by atoms with Gasteiger partial charge in [-0.3, -0.25) is 0 Å². The molecule has 0 saturated carbocycles. The van der Waals surface area contributed by atoms with E-state index in [9.17, 15) is 0 Å². The zero-order valence-electron chi connectivity index (χ0n) is 8.45. The monoisotopic (exact) mass is 283 g/mol. The van der Waals surface area contributed by atoms with Crippen LogP contribution in [0.2, 0.25) is 0 Å². The highest BCUT2D eigenvalue weighted by Crippen LogP contribution is 2.30. The van der Waals surface area contributed by atoms with Crippen molar-refractivity contribution < 1.29 is 4.74 Å². The summed E-state index contributed by atoms with van der Waals surface area (Å²) >= 11 is 4.78. The topological polar surface area (TPSA) is 22.1 Å². The van der Waals surface area contributed by atoms with Crippen molar-refractivity contribution in [3.63, 3.8) is 0 Å². The maximum Gasteiger partial charge on any atom is 0.279 e. The van der Waals surface area contributed by atoms with E-state index in [1.165, 1.54) is 16.9 Å². The second kappa shape index (κ2) is 4.33. The third-order valence-electron chi connectivity index (χ3n) is 2.21. The molecule has 78 valence electrons. The van der Waals surface area contributed by atoms with Crippen molar-refractivity contribution in [2.24, 2.45) is 0 Å². The lowest BCUT2D eigenvalue weighted by Gasteiger charge is -2.07. The van der Waals surface area contributed by atoms with Crippen LogP contribution in [0.3, 0.4) is 0 Å². The summed E-state index contributed by atoms with van der Waals surface area (Å²) in [7, 11) is 0. The van der Waals surface area contributed by atoms with Crippen LogP contribution in [-0.2, 0) is 0 Å². The summed E-state index contributed by atoms with van der Waals surface area (Å²) in [4.78, 5) is 4.19. The Labute approximate surface area is 101 Å². The first-order valence-corrected chi connectivity index (χ1v) is 6.19. The van der Waals surface area contributed by atoms with E-state index in [0.29, 0.717) is 5.19 Å². The molecule has 0 saturated heterocycles. The van der Waals surface area contributed by atoms with Gasteiger partial charge < -0.3 is 4.74 Å². The first kappa shape index (κ1) is 10.6. The average molecular weight is 284 g/mol. The third kappa shape index (κ3) is 2.38. The lowest BCUT2D eigenvalue weighted by atomic mass is 10.1. The molecule has 0 bridgehead atoms. The fourth-order valence-electron chi connectivity index (χ4n) is 1.21. The second-order valence-electron chi connectivity index (χ2n) is 3.24. The van der Waals surface area contributed by atoms with Crippen LogP contribution in [0.15, 0.2) is 28.2 Å². The van der Waals surface area contributed by atoms with Crippen LogP contribution in [0.1, 0.15) is 11.1 Å². The van der Waals surface area contributed by atoms with E-state index >= 15 is 0 Å². The quantitative estimate of drug-likeness (QED) is 0.819. The molecule has 0 N–H and O–H groups in total. The smallest absolute Gasteiger partial charge is 0.279 e. The Morgan fingerprint density at radius 3 is 2.80 bits per heavy atom. The van der Waals surface area contributed by atoms with Crippen molar-refractivity contribution in [2.45, 2.75) is 13.8 Å². The molecule has 0 aliphatic carbocycles. The number of aromatic nitrogens is 1. The molecule has 2 aromatic rings. The summed E-state index contributed by atoms with van der Waals surface area (Å²) in [6.45, 7) is 4.12. The number of halogens is 1. The van der Waals surface area contributed by atoms with Gasteiger partial charge in [0.25, 0.3) is 5.19 Å². The standard InChI is InChI=1S/C11H10BrNOS/c1-7-4-3-5-9(8(7)2)14-11-13-10(12)6-15-11/h3-6H,1-2H3. The van der Waals surface area contributed by atoms with E-state index in [1.54, 1.807) is 0 Å². The van der Waals surface area contributed by atoms with Gasteiger partial charge in [-0.15, -0.1) is 0 Å². The number of thiazole rings is 1. The van der Waals surface area contributed by atoms with Crippen molar-refractivity contribution in [3.8, 4) is 10.9 Å².